The predicted octanol–water partition coefficient (Wildman–Crippen LogP) is 12.5. The standard InChI is InChI=1S/C24H13Cl4O3P.C24H23O7P/c25-16-9-4-10-17(26)21(16)23(29)32(31,24(30)22-18(27)11-5-12-19(22)28)20-13-3-7-14-6-1-2-8-15(14)20;1-28-17-12-8-13-18(29-2)21(17)23(25)32(27,16-10-6-5-7-11-16)24(26)22-19(30-3)14-9-15-20(22)31-4/h1-13H;5-15H,1-4H3. The molecule has 0 spiro atoms. The van der Waals surface area contributed by atoms with Crippen LogP contribution in [-0.2, 0) is 9.13 Å². The number of hydrogen-bond donors (Lipinski definition) is 0. The summed E-state index contributed by atoms with van der Waals surface area (Å²) in [4.78, 5) is 55.5. The van der Waals surface area contributed by atoms with Gasteiger partial charge in [0, 0.05) is 10.6 Å². The van der Waals surface area contributed by atoms with E-state index in [4.69, 9.17) is 65.4 Å². The minimum atomic E-state index is -4.57. The van der Waals surface area contributed by atoms with E-state index in [2.05, 4.69) is 0 Å². The molecule has 0 aliphatic carbocycles. The van der Waals surface area contributed by atoms with Gasteiger partial charge in [-0.05, 0) is 65.4 Å². The Hall–Kier alpha value is -5.70. The van der Waals surface area contributed by atoms with Crippen molar-refractivity contribution < 1.29 is 47.3 Å². The van der Waals surface area contributed by atoms with E-state index in [0.717, 1.165) is 0 Å². The number of benzene rings is 7. The summed E-state index contributed by atoms with van der Waals surface area (Å²) in [6.45, 7) is 0. The van der Waals surface area contributed by atoms with Crippen LogP contribution in [0.4, 0.5) is 0 Å². The Labute approximate surface area is 388 Å². The highest BCUT2D eigenvalue weighted by Crippen LogP contribution is 2.57. The molecular weight excluding hydrogens is 940 g/mol. The van der Waals surface area contributed by atoms with Gasteiger partial charge in [-0.1, -0.05) is 137 Å². The molecule has 0 saturated carbocycles. The van der Waals surface area contributed by atoms with Gasteiger partial charge in [0.1, 0.15) is 34.1 Å². The SMILES string of the molecule is COc1cccc(OC)c1C(=O)P(=O)(C(=O)c1c(OC)cccc1OC)c1ccccc1.O=C(c1c(Cl)cccc1Cl)P(=O)(C(=O)c1c(Cl)cccc1Cl)c1cccc2ccccc12. The van der Waals surface area contributed by atoms with Crippen molar-refractivity contribution in [2.24, 2.45) is 0 Å². The van der Waals surface area contributed by atoms with Gasteiger partial charge < -0.3 is 28.1 Å². The van der Waals surface area contributed by atoms with Crippen LogP contribution in [0.15, 0.2) is 146 Å². The third kappa shape index (κ3) is 8.87. The zero-order chi connectivity index (χ0) is 46.3. The summed E-state index contributed by atoms with van der Waals surface area (Å²) in [5.74, 6) is 0.575. The lowest BCUT2D eigenvalue weighted by Gasteiger charge is -2.21. The van der Waals surface area contributed by atoms with Crippen molar-refractivity contribution in [3.63, 3.8) is 0 Å². The maximum atomic E-state index is 14.7. The Morgan fingerprint density at radius 3 is 1.11 bits per heavy atom. The van der Waals surface area contributed by atoms with Gasteiger partial charge >= 0.3 is 0 Å². The number of methoxy groups -OCH3 is 4. The number of carbonyl (C=O) groups is 4. The molecule has 0 bridgehead atoms. The van der Waals surface area contributed by atoms with E-state index in [1.165, 1.54) is 70.9 Å². The lowest BCUT2D eigenvalue weighted by molar-refractivity contribution is 0.102. The number of ether oxygens (including phenoxy) is 4. The fraction of sp³-hybridized carbons (Fsp3) is 0.0833. The Kier molecular flexibility index (Phi) is 15.2. The van der Waals surface area contributed by atoms with E-state index in [-0.39, 0.29) is 76.0 Å². The number of halogens is 4. The van der Waals surface area contributed by atoms with E-state index in [0.29, 0.717) is 10.8 Å². The second-order valence-electron chi connectivity index (χ2n) is 13.5. The Morgan fingerprint density at radius 1 is 0.375 bits per heavy atom. The van der Waals surface area contributed by atoms with Crippen LogP contribution in [0, 0.1) is 0 Å². The molecular formula is C48H36Cl4O10P2. The highest BCUT2D eigenvalue weighted by Gasteiger charge is 2.48. The number of carbonyl (C=O) groups excluding carboxylic acids is 4. The first-order valence-electron chi connectivity index (χ1n) is 18.9. The predicted molar refractivity (Wildman–Crippen MR) is 254 cm³/mol. The summed E-state index contributed by atoms with van der Waals surface area (Å²) >= 11 is 25.0. The van der Waals surface area contributed by atoms with Crippen molar-refractivity contribution in [1.29, 1.82) is 0 Å². The summed E-state index contributed by atoms with van der Waals surface area (Å²) in [7, 11) is -3.51. The smallest absolute Gasteiger partial charge is 0.249 e. The van der Waals surface area contributed by atoms with Crippen molar-refractivity contribution in [3.8, 4) is 23.0 Å². The van der Waals surface area contributed by atoms with Crippen LogP contribution in [-0.4, -0.2) is 50.5 Å². The molecule has 0 amide bonds. The number of hydrogen-bond acceptors (Lipinski definition) is 10. The van der Waals surface area contributed by atoms with Gasteiger partial charge in [0.15, 0.2) is 0 Å². The van der Waals surface area contributed by atoms with Crippen LogP contribution >= 0.6 is 60.7 Å². The summed E-state index contributed by atoms with van der Waals surface area (Å²) in [6, 6.07) is 38.2. The van der Waals surface area contributed by atoms with Gasteiger partial charge in [0.2, 0.25) is 36.4 Å². The molecule has 0 N–H and O–H groups in total. The average molecular weight is 977 g/mol. The normalized spacial score (nSPS) is 11.2. The summed E-state index contributed by atoms with van der Waals surface area (Å²) in [6.07, 6.45) is 0. The summed E-state index contributed by atoms with van der Waals surface area (Å²) in [5.41, 5.74) is -4.31. The van der Waals surface area contributed by atoms with Crippen LogP contribution < -0.4 is 29.6 Å². The molecule has 0 fully saturated rings. The van der Waals surface area contributed by atoms with Crippen LogP contribution in [0.3, 0.4) is 0 Å². The molecule has 0 aliphatic heterocycles. The molecule has 7 aromatic rings. The first-order chi connectivity index (χ1) is 30.7. The lowest BCUT2D eigenvalue weighted by atomic mass is 10.1. The topological polar surface area (TPSA) is 139 Å². The molecule has 0 heterocycles. The quantitative estimate of drug-likeness (QED) is 0.0968. The highest BCUT2D eigenvalue weighted by atomic mass is 35.5. The van der Waals surface area contributed by atoms with Crippen LogP contribution in [0.25, 0.3) is 10.8 Å². The minimum absolute atomic E-state index is 0.0129. The highest BCUT2D eigenvalue weighted by molar-refractivity contribution is 8.01. The molecule has 64 heavy (non-hydrogen) atoms. The first kappa shape index (κ1) is 47.8. The largest absolute Gasteiger partial charge is 0.496 e. The molecule has 7 rings (SSSR count). The van der Waals surface area contributed by atoms with E-state index in [9.17, 15) is 28.3 Å². The molecule has 0 saturated heterocycles. The van der Waals surface area contributed by atoms with Crippen molar-refractivity contribution in [3.05, 3.63) is 188 Å². The third-order valence-electron chi connectivity index (χ3n) is 10.0. The molecule has 326 valence electrons. The van der Waals surface area contributed by atoms with E-state index in [1.54, 1.807) is 103 Å². The fourth-order valence-electron chi connectivity index (χ4n) is 6.92. The molecule has 0 aliphatic rings. The molecule has 0 aromatic heterocycles. The summed E-state index contributed by atoms with van der Waals surface area (Å²) in [5, 5.41) is 1.30. The number of rotatable bonds is 14. The Balaban J connectivity index is 0.000000213. The molecule has 0 radical (unpaired) electrons. The van der Waals surface area contributed by atoms with Gasteiger partial charge in [-0.25, -0.2) is 0 Å². The van der Waals surface area contributed by atoms with Gasteiger partial charge in [-0.3, -0.25) is 19.2 Å². The molecule has 0 atom stereocenters. The van der Waals surface area contributed by atoms with Gasteiger partial charge in [-0.2, -0.15) is 0 Å². The number of fused-ring (bicyclic) bond motifs is 1. The minimum Gasteiger partial charge on any atom is -0.496 e. The Morgan fingerprint density at radius 2 is 0.703 bits per heavy atom. The van der Waals surface area contributed by atoms with Crippen molar-refractivity contribution >= 4 is 104 Å². The van der Waals surface area contributed by atoms with E-state index < -0.39 is 36.4 Å². The van der Waals surface area contributed by atoms with Crippen molar-refractivity contribution in [1.82, 2.24) is 0 Å². The maximum Gasteiger partial charge on any atom is 0.249 e. The zero-order valence-electron chi connectivity index (χ0n) is 34.3. The first-order valence-corrected chi connectivity index (χ1v) is 23.9. The van der Waals surface area contributed by atoms with Crippen LogP contribution in [0.5, 0.6) is 23.0 Å². The van der Waals surface area contributed by atoms with Gasteiger partial charge in [0.25, 0.3) is 0 Å². The van der Waals surface area contributed by atoms with E-state index in [1.807, 2.05) is 0 Å². The second-order valence-corrected chi connectivity index (χ2v) is 20.2. The lowest BCUT2D eigenvalue weighted by Crippen LogP contribution is -2.22. The van der Waals surface area contributed by atoms with Crippen LogP contribution in [0.2, 0.25) is 20.1 Å². The monoisotopic (exact) mass is 974 g/mol. The zero-order valence-corrected chi connectivity index (χ0v) is 39.2. The second kappa shape index (κ2) is 20.4. The van der Waals surface area contributed by atoms with E-state index >= 15 is 0 Å². The van der Waals surface area contributed by atoms with Gasteiger partial charge in [-0.15, -0.1) is 0 Å². The molecule has 16 heteroatoms. The molecule has 10 nitrogen and oxygen atoms in total. The third-order valence-corrected chi connectivity index (χ3v) is 16.5. The molecule has 0 unspecified atom stereocenters. The summed E-state index contributed by atoms with van der Waals surface area (Å²) < 4.78 is 50.6. The Bertz CT molecular complexity index is 2820. The average Bonchev–Trinajstić information content (AvgIpc) is 3.32. The molecule has 7 aromatic carbocycles. The van der Waals surface area contributed by atoms with Crippen molar-refractivity contribution in [2.45, 2.75) is 0 Å². The maximum absolute atomic E-state index is 14.7. The fourth-order valence-corrected chi connectivity index (χ4v) is 13.2. The van der Waals surface area contributed by atoms with Crippen LogP contribution in [0.1, 0.15) is 41.4 Å². The van der Waals surface area contributed by atoms with Crippen molar-refractivity contribution in [2.75, 3.05) is 28.4 Å². The van der Waals surface area contributed by atoms with Gasteiger partial charge in [0.05, 0.1) is 59.7 Å².